The Bertz CT molecular complexity index is 385. The molecule has 0 spiro atoms. The number of halogens is 1. The summed E-state index contributed by atoms with van der Waals surface area (Å²) in [6.45, 7) is 7.68. The molecule has 0 radical (unpaired) electrons. The molecule has 16 heavy (non-hydrogen) atoms. The van der Waals surface area contributed by atoms with Gasteiger partial charge in [-0.25, -0.2) is 0 Å². The summed E-state index contributed by atoms with van der Waals surface area (Å²) in [5.41, 5.74) is 3.96. The third-order valence-electron chi connectivity index (χ3n) is 2.07. The Kier molecular flexibility index (Phi) is 3.94. The first-order valence-corrected chi connectivity index (χ1v) is 5.48. The van der Waals surface area contributed by atoms with Gasteiger partial charge in [-0.05, 0) is 39.8 Å². The standard InChI is InChI=1S/C12H17ClN2O/c1-9-6-5-7-10(8-9)11(16)14-15(13)12(2,3)4/h5-8H,1-4H3,(H,14,16). The number of nitrogens with zero attached hydrogens (tertiary/aromatic N) is 1. The lowest BCUT2D eigenvalue weighted by atomic mass is 10.1. The number of benzene rings is 1. The van der Waals surface area contributed by atoms with Gasteiger partial charge in [0.15, 0.2) is 0 Å². The van der Waals surface area contributed by atoms with Gasteiger partial charge in [0.2, 0.25) is 0 Å². The van der Waals surface area contributed by atoms with Crippen LogP contribution in [-0.4, -0.2) is 16.0 Å². The van der Waals surface area contributed by atoms with Crippen LogP contribution in [0.1, 0.15) is 36.7 Å². The van der Waals surface area contributed by atoms with E-state index in [0.717, 1.165) is 5.56 Å². The van der Waals surface area contributed by atoms with Crippen LogP contribution in [0.2, 0.25) is 0 Å². The molecule has 0 aliphatic carbocycles. The maximum Gasteiger partial charge on any atom is 0.266 e. The largest absolute Gasteiger partial charge is 0.270 e. The van der Waals surface area contributed by atoms with Crippen molar-refractivity contribution in [1.29, 1.82) is 0 Å². The van der Waals surface area contributed by atoms with Crippen molar-refractivity contribution in [3.8, 4) is 0 Å². The maximum absolute atomic E-state index is 11.8. The number of hydrazine groups is 1. The average Bonchev–Trinajstić information content (AvgIpc) is 2.16. The topological polar surface area (TPSA) is 32.3 Å². The van der Waals surface area contributed by atoms with Gasteiger partial charge in [-0.15, -0.1) is 4.53 Å². The Morgan fingerprint density at radius 2 is 2.00 bits per heavy atom. The van der Waals surface area contributed by atoms with Crippen LogP contribution < -0.4 is 5.43 Å². The van der Waals surface area contributed by atoms with Crippen molar-refractivity contribution >= 4 is 17.7 Å². The Balaban J connectivity index is 2.74. The van der Waals surface area contributed by atoms with E-state index in [1.54, 1.807) is 6.07 Å². The van der Waals surface area contributed by atoms with Gasteiger partial charge < -0.3 is 0 Å². The number of amides is 1. The lowest BCUT2D eigenvalue weighted by Crippen LogP contribution is -2.46. The summed E-state index contributed by atoms with van der Waals surface area (Å²) in [5, 5.41) is 0. The molecule has 1 aromatic carbocycles. The third-order valence-corrected chi connectivity index (χ3v) is 2.66. The average molecular weight is 241 g/mol. The minimum absolute atomic E-state index is 0.200. The van der Waals surface area contributed by atoms with E-state index in [9.17, 15) is 4.79 Å². The summed E-state index contributed by atoms with van der Waals surface area (Å²) in [5.74, 6) is -0.200. The van der Waals surface area contributed by atoms with Gasteiger partial charge in [0.1, 0.15) is 0 Å². The molecule has 1 N–H and O–H groups in total. The van der Waals surface area contributed by atoms with E-state index >= 15 is 0 Å². The van der Waals surface area contributed by atoms with Gasteiger partial charge in [-0.2, -0.15) is 0 Å². The van der Waals surface area contributed by atoms with Crippen LogP contribution in [0.4, 0.5) is 0 Å². The number of carbonyl (C=O) groups is 1. The molecule has 0 aliphatic heterocycles. The van der Waals surface area contributed by atoms with Crippen molar-refractivity contribution in [3.63, 3.8) is 0 Å². The maximum atomic E-state index is 11.8. The summed E-state index contributed by atoms with van der Waals surface area (Å²) in [6, 6.07) is 7.37. The highest BCUT2D eigenvalue weighted by molar-refractivity contribution is 6.14. The molecule has 0 aromatic heterocycles. The minimum atomic E-state index is -0.318. The fourth-order valence-electron chi connectivity index (χ4n) is 1.11. The first-order valence-electron chi connectivity index (χ1n) is 5.14. The fraction of sp³-hybridized carbons (Fsp3) is 0.417. The van der Waals surface area contributed by atoms with E-state index in [0.29, 0.717) is 5.56 Å². The number of aryl methyl sites for hydroxylation is 1. The molecule has 1 rings (SSSR count). The molecular formula is C12H17ClN2O. The van der Waals surface area contributed by atoms with Crippen LogP contribution in [-0.2, 0) is 0 Å². The van der Waals surface area contributed by atoms with Crippen LogP contribution in [0.25, 0.3) is 0 Å². The Hall–Kier alpha value is -1.06. The second-order valence-corrected chi connectivity index (χ2v) is 5.10. The fourth-order valence-corrected chi connectivity index (χ4v) is 1.18. The monoisotopic (exact) mass is 240 g/mol. The van der Waals surface area contributed by atoms with Crippen molar-refractivity contribution in [2.75, 3.05) is 0 Å². The second-order valence-electron chi connectivity index (χ2n) is 4.76. The van der Waals surface area contributed by atoms with Gasteiger partial charge in [0.05, 0.1) is 0 Å². The Morgan fingerprint density at radius 3 is 2.50 bits per heavy atom. The Morgan fingerprint density at radius 1 is 1.38 bits per heavy atom. The first-order chi connectivity index (χ1) is 7.30. The lowest BCUT2D eigenvalue weighted by molar-refractivity contribution is 0.0806. The van der Waals surface area contributed by atoms with Crippen LogP contribution >= 0.6 is 11.8 Å². The van der Waals surface area contributed by atoms with E-state index < -0.39 is 0 Å². The molecule has 0 fully saturated rings. The summed E-state index contributed by atoms with van der Waals surface area (Å²) in [4.78, 5) is 11.8. The zero-order chi connectivity index (χ0) is 12.3. The number of hydrogen-bond donors (Lipinski definition) is 1. The first kappa shape index (κ1) is 13.0. The summed E-state index contributed by atoms with van der Waals surface area (Å²) in [7, 11) is 0. The minimum Gasteiger partial charge on any atom is -0.270 e. The van der Waals surface area contributed by atoms with Gasteiger partial charge in [0, 0.05) is 22.9 Å². The zero-order valence-corrected chi connectivity index (χ0v) is 10.8. The molecule has 1 aromatic rings. The van der Waals surface area contributed by atoms with Gasteiger partial charge in [-0.1, -0.05) is 17.7 Å². The van der Waals surface area contributed by atoms with Crippen LogP contribution in [0.3, 0.4) is 0 Å². The van der Waals surface area contributed by atoms with Crippen LogP contribution in [0.15, 0.2) is 24.3 Å². The van der Waals surface area contributed by atoms with Gasteiger partial charge in [-0.3, -0.25) is 10.2 Å². The van der Waals surface area contributed by atoms with Crippen molar-refractivity contribution < 1.29 is 4.79 Å². The van der Waals surface area contributed by atoms with Crippen LogP contribution in [0, 0.1) is 6.92 Å². The number of carbonyl (C=O) groups excluding carboxylic acids is 1. The van der Waals surface area contributed by atoms with Gasteiger partial charge >= 0.3 is 0 Å². The predicted molar refractivity (Wildman–Crippen MR) is 66.1 cm³/mol. The molecule has 0 bridgehead atoms. The zero-order valence-electron chi connectivity index (χ0n) is 10.0. The summed E-state index contributed by atoms with van der Waals surface area (Å²) in [6.07, 6.45) is 0. The van der Waals surface area contributed by atoms with Crippen molar-refractivity contribution in [2.45, 2.75) is 33.2 Å². The smallest absolute Gasteiger partial charge is 0.266 e. The molecule has 0 heterocycles. The molecule has 0 atom stereocenters. The molecule has 1 amide bonds. The SMILES string of the molecule is Cc1cccc(C(=O)NN(Cl)C(C)(C)C)c1. The molecule has 0 saturated carbocycles. The highest BCUT2D eigenvalue weighted by Gasteiger charge is 2.21. The molecule has 0 aliphatic rings. The molecule has 88 valence electrons. The Labute approximate surface area is 101 Å². The normalized spacial score (nSPS) is 11.6. The van der Waals surface area contributed by atoms with E-state index in [2.05, 4.69) is 5.43 Å². The van der Waals surface area contributed by atoms with E-state index in [4.69, 9.17) is 11.8 Å². The molecule has 0 saturated heterocycles. The highest BCUT2D eigenvalue weighted by Crippen LogP contribution is 2.13. The van der Waals surface area contributed by atoms with Crippen molar-refractivity contribution in [1.82, 2.24) is 9.95 Å². The van der Waals surface area contributed by atoms with E-state index in [1.807, 2.05) is 45.9 Å². The molecule has 3 nitrogen and oxygen atoms in total. The molecular weight excluding hydrogens is 224 g/mol. The number of rotatable bonds is 2. The summed E-state index contributed by atoms with van der Waals surface area (Å²) < 4.78 is 1.29. The predicted octanol–water partition coefficient (Wildman–Crippen LogP) is 2.89. The third kappa shape index (κ3) is 3.51. The summed E-state index contributed by atoms with van der Waals surface area (Å²) >= 11 is 5.94. The second kappa shape index (κ2) is 4.85. The van der Waals surface area contributed by atoms with Crippen LogP contribution in [0.5, 0.6) is 0 Å². The molecule has 0 unspecified atom stereocenters. The van der Waals surface area contributed by atoms with Crippen molar-refractivity contribution in [2.24, 2.45) is 0 Å². The quantitative estimate of drug-likeness (QED) is 0.637. The van der Waals surface area contributed by atoms with E-state index in [-0.39, 0.29) is 11.4 Å². The molecule has 4 heteroatoms. The lowest BCUT2D eigenvalue weighted by Gasteiger charge is -2.28. The number of hydrogen-bond acceptors (Lipinski definition) is 2. The van der Waals surface area contributed by atoms with Gasteiger partial charge in [0.25, 0.3) is 5.91 Å². The van der Waals surface area contributed by atoms with Crippen molar-refractivity contribution in [3.05, 3.63) is 35.4 Å². The van der Waals surface area contributed by atoms with E-state index in [1.165, 1.54) is 4.53 Å². The highest BCUT2D eigenvalue weighted by atomic mass is 35.5. The number of nitrogens with one attached hydrogen (secondary N) is 1.